The van der Waals surface area contributed by atoms with Gasteiger partial charge in [-0.3, -0.25) is 0 Å². The largest absolute Gasteiger partial charge is 0.382 e. The summed E-state index contributed by atoms with van der Waals surface area (Å²) < 4.78 is 10.4. The number of ether oxygens (including phenoxy) is 2. The Morgan fingerprint density at radius 1 is 1.11 bits per heavy atom. The van der Waals surface area contributed by atoms with Crippen molar-refractivity contribution in [3.05, 3.63) is 0 Å². The zero-order valence-corrected chi connectivity index (χ0v) is 13.1. The van der Waals surface area contributed by atoms with Gasteiger partial charge in [0.2, 0.25) is 0 Å². The molecule has 0 heterocycles. The van der Waals surface area contributed by atoms with Crippen molar-refractivity contribution in [3.8, 4) is 0 Å². The third-order valence-electron chi connectivity index (χ3n) is 4.24. The van der Waals surface area contributed by atoms with Gasteiger partial charge in [-0.1, -0.05) is 26.7 Å². The van der Waals surface area contributed by atoms with Crippen molar-refractivity contribution in [3.63, 3.8) is 0 Å². The molecule has 1 aliphatic rings. The highest BCUT2D eigenvalue weighted by molar-refractivity contribution is 4.79. The Hall–Kier alpha value is -0.120. The molecule has 114 valence electrons. The van der Waals surface area contributed by atoms with Crippen LogP contribution in [0.25, 0.3) is 0 Å². The lowest BCUT2D eigenvalue weighted by molar-refractivity contribution is 0.0686. The SMILES string of the molecule is COCCOCCCCNC1CCCC(C(C)C)C1. The minimum Gasteiger partial charge on any atom is -0.382 e. The van der Waals surface area contributed by atoms with Crippen LogP contribution in [0.5, 0.6) is 0 Å². The van der Waals surface area contributed by atoms with E-state index in [1.165, 1.54) is 32.1 Å². The molecule has 0 aromatic rings. The van der Waals surface area contributed by atoms with Gasteiger partial charge in [0, 0.05) is 19.8 Å². The van der Waals surface area contributed by atoms with Crippen molar-refractivity contribution in [1.29, 1.82) is 0 Å². The van der Waals surface area contributed by atoms with Gasteiger partial charge in [0.15, 0.2) is 0 Å². The standard InChI is InChI=1S/C16H33NO2/c1-14(2)15-7-6-8-16(13-15)17-9-4-5-10-19-12-11-18-3/h14-17H,4-13H2,1-3H3. The maximum absolute atomic E-state index is 5.46. The molecule has 19 heavy (non-hydrogen) atoms. The second-order valence-corrected chi connectivity index (χ2v) is 6.13. The molecule has 0 bridgehead atoms. The maximum Gasteiger partial charge on any atom is 0.0700 e. The van der Waals surface area contributed by atoms with E-state index in [2.05, 4.69) is 19.2 Å². The smallest absolute Gasteiger partial charge is 0.0700 e. The summed E-state index contributed by atoms with van der Waals surface area (Å²) in [5, 5.41) is 3.73. The third kappa shape index (κ3) is 7.91. The third-order valence-corrected chi connectivity index (χ3v) is 4.24. The van der Waals surface area contributed by atoms with Crippen LogP contribution >= 0.6 is 0 Å². The Morgan fingerprint density at radius 3 is 2.68 bits per heavy atom. The molecule has 2 unspecified atom stereocenters. The van der Waals surface area contributed by atoms with Crippen LogP contribution in [-0.4, -0.2) is 39.5 Å². The summed E-state index contributed by atoms with van der Waals surface area (Å²) in [6, 6.07) is 0.760. The first-order valence-electron chi connectivity index (χ1n) is 8.04. The van der Waals surface area contributed by atoms with Crippen molar-refractivity contribution in [1.82, 2.24) is 5.32 Å². The molecule has 1 aliphatic carbocycles. The summed E-state index contributed by atoms with van der Waals surface area (Å²) >= 11 is 0. The average molecular weight is 271 g/mol. The molecule has 0 aliphatic heterocycles. The fourth-order valence-electron chi connectivity index (χ4n) is 2.90. The molecule has 0 saturated heterocycles. The Labute approximate surface area is 119 Å². The van der Waals surface area contributed by atoms with Crippen LogP contribution in [0, 0.1) is 11.8 Å². The highest BCUT2D eigenvalue weighted by Crippen LogP contribution is 2.29. The molecule has 3 heteroatoms. The van der Waals surface area contributed by atoms with E-state index in [1.807, 2.05) is 0 Å². The summed E-state index contributed by atoms with van der Waals surface area (Å²) in [6.07, 6.45) is 7.95. The molecular formula is C16H33NO2. The molecule has 0 amide bonds. The van der Waals surface area contributed by atoms with E-state index in [0.29, 0.717) is 6.61 Å². The van der Waals surface area contributed by atoms with Crippen LogP contribution < -0.4 is 5.32 Å². The predicted octanol–water partition coefficient (Wildman–Crippen LogP) is 3.23. The fourth-order valence-corrected chi connectivity index (χ4v) is 2.90. The van der Waals surface area contributed by atoms with Crippen molar-refractivity contribution in [2.75, 3.05) is 33.5 Å². The number of nitrogens with one attached hydrogen (secondary N) is 1. The number of rotatable bonds is 10. The van der Waals surface area contributed by atoms with Crippen LogP contribution in [0.15, 0.2) is 0 Å². The first kappa shape index (κ1) is 16.9. The van der Waals surface area contributed by atoms with E-state index in [9.17, 15) is 0 Å². The van der Waals surface area contributed by atoms with Crippen molar-refractivity contribution in [2.24, 2.45) is 11.8 Å². The lowest BCUT2D eigenvalue weighted by Crippen LogP contribution is -2.36. The summed E-state index contributed by atoms with van der Waals surface area (Å²) in [5.41, 5.74) is 0. The summed E-state index contributed by atoms with van der Waals surface area (Å²) in [7, 11) is 1.71. The molecule has 0 radical (unpaired) electrons. The van der Waals surface area contributed by atoms with Crippen LogP contribution in [-0.2, 0) is 9.47 Å². The molecule has 0 spiro atoms. The van der Waals surface area contributed by atoms with E-state index in [4.69, 9.17) is 9.47 Å². The summed E-state index contributed by atoms with van der Waals surface area (Å²) in [4.78, 5) is 0. The first-order valence-corrected chi connectivity index (χ1v) is 8.04. The molecule has 1 saturated carbocycles. The quantitative estimate of drug-likeness (QED) is 0.619. The Balaban J connectivity index is 1.94. The molecule has 3 nitrogen and oxygen atoms in total. The maximum atomic E-state index is 5.46. The minimum absolute atomic E-state index is 0.705. The second kappa shape index (κ2) is 10.6. The van der Waals surface area contributed by atoms with E-state index in [0.717, 1.165) is 44.1 Å². The van der Waals surface area contributed by atoms with Gasteiger partial charge in [-0.15, -0.1) is 0 Å². The number of unbranched alkanes of at least 4 members (excludes halogenated alkanes) is 1. The highest BCUT2D eigenvalue weighted by atomic mass is 16.5. The molecule has 0 aromatic carbocycles. The molecule has 2 atom stereocenters. The van der Waals surface area contributed by atoms with E-state index in [-0.39, 0.29) is 0 Å². The topological polar surface area (TPSA) is 30.5 Å². The first-order chi connectivity index (χ1) is 9.24. The van der Waals surface area contributed by atoms with Gasteiger partial charge in [-0.05, 0) is 44.1 Å². The van der Waals surface area contributed by atoms with Gasteiger partial charge in [0.25, 0.3) is 0 Å². The lowest BCUT2D eigenvalue weighted by atomic mass is 9.79. The van der Waals surface area contributed by atoms with Crippen LogP contribution in [0.2, 0.25) is 0 Å². The second-order valence-electron chi connectivity index (χ2n) is 6.13. The fraction of sp³-hybridized carbons (Fsp3) is 1.00. The minimum atomic E-state index is 0.705. The van der Waals surface area contributed by atoms with Gasteiger partial charge in [-0.25, -0.2) is 0 Å². The van der Waals surface area contributed by atoms with Gasteiger partial charge in [0.05, 0.1) is 13.2 Å². The Morgan fingerprint density at radius 2 is 1.95 bits per heavy atom. The number of methoxy groups -OCH3 is 1. The lowest BCUT2D eigenvalue weighted by Gasteiger charge is -2.32. The number of hydrogen-bond acceptors (Lipinski definition) is 3. The normalized spacial score (nSPS) is 24.0. The Bertz CT molecular complexity index is 209. The van der Waals surface area contributed by atoms with E-state index >= 15 is 0 Å². The van der Waals surface area contributed by atoms with E-state index in [1.54, 1.807) is 7.11 Å². The van der Waals surface area contributed by atoms with Crippen LogP contribution in [0.1, 0.15) is 52.4 Å². The molecular weight excluding hydrogens is 238 g/mol. The summed E-state index contributed by atoms with van der Waals surface area (Å²) in [6.45, 7) is 8.17. The van der Waals surface area contributed by atoms with Crippen LogP contribution in [0.3, 0.4) is 0 Å². The van der Waals surface area contributed by atoms with Crippen molar-refractivity contribution in [2.45, 2.75) is 58.4 Å². The van der Waals surface area contributed by atoms with Gasteiger partial charge >= 0.3 is 0 Å². The van der Waals surface area contributed by atoms with Crippen LogP contribution in [0.4, 0.5) is 0 Å². The highest BCUT2D eigenvalue weighted by Gasteiger charge is 2.23. The molecule has 0 aromatic heterocycles. The van der Waals surface area contributed by atoms with Gasteiger partial charge < -0.3 is 14.8 Å². The van der Waals surface area contributed by atoms with Crippen molar-refractivity contribution < 1.29 is 9.47 Å². The monoisotopic (exact) mass is 271 g/mol. The molecule has 1 N–H and O–H groups in total. The van der Waals surface area contributed by atoms with Gasteiger partial charge in [-0.2, -0.15) is 0 Å². The van der Waals surface area contributed by atoms with E-state index < -0.39 is 0 Å². The van der Waals surface area contributed by atoms with Gasteiger partial charge in [0.1, 0.15) is 0 Å². The number of hydrogen-bond donors (Lipinski definition) is 1. The Kier molecular flexibility index (Phi) is 9.48. The molecule has 1 fully saturated rings. The predicted molar refractivity (Wildman–Crippen MR) is 80.5 cm³/mol. The average Bonchev–Trinajstić information content (AvgIpc) is 2.42. The zero-order chi connectivity index (χ0) is 13.9. The summed E-state index contributed by atoms with van der Waals surface area (Å²) in [5.74, 6) is 1.78. The zero-order valence-electron chi connectivity index (χ0n) is 13.1. The van der Waals surface area contributed by atoms with Crippen molar-refractivity contribution >= 4 is 0 Å². The molecule has 1 rings (SSSR count).